The van der Waals surface area contributed by atoms with E-state index in [9.17, 15) is 0 Å². The monoisotopic (exact) mass is 287 g/mol. The van der Waals surface area contributed by atoms with E-state index in [-0.39, 0.29) is 0 Å². The summed E-state index contributed by atoms with van der Waals surface area (Å²) in [5, 5.41) is 3.91. The van der Waals surface area contributed by atoms with Crippen LogP contribution in [0.2, 0.25) is 0 Å². The van der Waals surface area contributed by atoms with Gasteiger partial charge < -0.3 is 10.2 Å². The quantitative estimate of drug-likeness (QED) is 0.897. The van der Waals surface area contributed by atoms with E-state index in [0.29, 0.717) is 6.04 Å². The Labute approximate surface area is 129 Å². The zero-order valence-electron chi connectivity index (χ0n) is 13.3. The molecule has 2 aliphatic rings. The molecule has 2 fully saturated rings. The van der Waals surface area contributed by atoms with Crippen molar-refractivity contribution in [2.45, 2.75) is 44.8 Å². The molecular formula is C18H29N3. The van der Waals surface area contributed by atoms with Gasteiger partial charge in [-0.05, 0) is 44.5 Å². The maximum atomic E-state index is 3.91. The van der Waals surface area contributed by atoms with Crippen molar-refractivity contribution in [3.8, 4) is 0 Å². The van der Waals surface area contributed by atoms with Crippen LogP contribution in [0.3, 0.4) is 0 Å². The van der Waals surface area contributed by atoms with Gasteiger partial charge in [-0.25, -0.2) is 0 Å². The van der Waals surface area contributed by atoms with Crippen LogP contribution >= 0.6 is 0 Å². The van der Waals surface area contributed by atoms with Gasteiger partial charge in [0.15, 0.2) is 0 Å². The first-order chi connectivity index (χ1) is 10.3. The molecule has 0 aliphatic carbocycles. The molecule has 2 heterocycles. The van der Waals surface area contributed by atoms with E-state index in [1.807, 2.05) is 0 Å². The van der Waals surface area contributed by atoms with Crippen LogP contribution in [-0.4, -0.2) is 54.6 Å². The predicted molar refractivity (Wildman–Crippen MR) is 88.4 cm³/mol. The molecule has 3 nitrogen and oxygen atoms in total. The van der Waals surface area contributed by atoms with Gasteiger partial charge >= 0.3 is 0 Å². The number of hydrogen-bond acceptors (Lipinski definition) is 3. The lowest BCUT2D eigenvalue weighted by Gasteiger charge is -2.33. The minimum atomic E-state index is 0.701. The van der Waals surface area contributed by atoms with Gasteiger partial charge in [0.1, 0.15) is 0 Å². The molecule has 1 N–H and O–H groups in total. The summed E-state index contributed by atoms with van der Waals surface area (Å²) in [6, 6.07) is 12.3. The molecule has 3 heteroatoms. The minimum Gasteiger partial charge on any atom is -0.310 e. The molecule has 21 heavy (non-hydrogen) atoms. The van der Waals surface area contributed by atoms with Gasteiger partial charge in [-0.2, -0.15) is 0 Å². The molecule has 0 bridgehead atoms. The van der Waals surface area contributed by atoms with Crippen LogP contribution < -0.4 is 5.32 Å². The molecule has 0 amide bonds. The number of hydrogen-bond donors (Lipinski definition) is 1. The molecular weight excluding hydrogens is 258 g/mol. The van der Waals surface area contributed by atoms with Crippen molar-refractivity contribution in [3.63, 3.8) is 0 Å². The fourth-order valence-corrected chi connectivity index (χ4v) is 3.70. The Balaban J connectivity index is 1.41. The summed E-state index contributed by atoms with van der Waals surface area (Å²) < 4.78 is 0. The van der Waals surface area contributed by atoms with Gasteiger partial charge in [0, 0.05) is 31.7 Å². The second-order valence-corrected chi connectivity index (χ2v) is 6.58. The van der Waals surface area contributed by atoms with Gasteiger partial charge in [0.05, 0.1) is 0 Å². The Kier molecular flexibility index (Phi) is 5.28. The number of likely N-dealkylation sites (tertiary alicyclic amines) is 2. The van der Waals surface area contributed by atoms with Crippen molar-refractivity contribution < 1.29 is 0 Å². The summed E-state index contributed by atoms with van der Waals surface area (Å²) >= 11 is 0. The summed E-state index contributed by atoms with van der Waals surface area (Å²) in [5.74, 6) is 0. The molecule has 1 unspecified atom stereocenters. The van der Waals surface area contributed by atoms with Crippen LogP contribution in [0.4, 0.5) is 0 Å². The molecule has 0 radical (unpaired) electrons. The van der Waals surface area contributed by atoms with E-state index in [2.05, 4.69) is 52.4 Å². The van der Waals surface area contributed by atoms with E-state index in [4.69, 9.17) is 0 Å². The number of benzene rings is 1. The summed E-state index contributed by atoms with van der Waals surface area (Å²) in [5.41, 5.74) is 1.44. The van der Waals surface area contributed by atoms with Crippen molar-refractivity contribution >= 4 is 0 Å². The Morgan fingerprint density at radius 1 is 0.952 bits per heavy atom. The maximum Gasteiger partial charge on any atom is 0.0234 e. The van der Waals surface area contributed by atoms with Crippen LogP contribution in [0, 0.1) is 0 Å². The highest BCUT2D eigenvalue weighted by atomic mass is 15.2. The summed E-state index contributed by atoms with van der Waals surface area (Å²) in [7, 11) is 0. The molecule has 1 atom stereocenters. The van der Waals surface area contributed by atoms with Crippen LogP contribution in [0.25, 0.3) is 0 Å². The number of nitrogens with zero attached hydrogens (tertiary/aromatic N) is 2. The standard InChI is InChI=1S/C18H29N3/c1-2-20-11-8-17(9-12-20)19-18-10-13-21(15-18)14-16-6-4-3-5-7-16/h3-7,17-19H,2,8-15H2,1H3. The van der Waals surface area contributed by atoms with Crippen LogP contribution in [0.5, 0.6) is 0 Å². The molecule has 2 aliphatic heterocycles. The normalized spacial score (nSPS) is 25.5. The summed E-state index contributed by atoms with van der Waals surface area (Å²) in [6.07, 6.45) is 3.95. The fourth-order valence-electron chi connectivity index (χ4n) is 3.70. The number of rotatable bonds is 5. The molecule has 1 aromatic rings. The van der Waals surface area contributed by atoms with Crippen LogP contribution in [-0.2, 0) is 6.54 Å². The fraction of sp³-hybridized carbons (Fsp3) is 0.667. The molecule has 1 aromatic carbocycles. The Morgan fingerprint density at radius 2 is 1.62 bits per heavy atom. The van der Waals surface area contributed by atoms with Crippen LogP contribution in [0.15, 0.2) is 30.3 Å². The van der Waals surface area contributed by atoms with Crippen molar-refractivity contribution in [3.05, 3.63) is 35.9 Å². The predicted octanol–water partition coefficient (Wildman–Crippen LogP) is 2.33. The average Bonchev–Trinajstić information content (AvgIpc) is 2.96. The van der Waals surface area contributed by atoms with E-state index >= 15 is 0 Å². The summed E-state index contributed by atoms with van der Waals surface area (Å²) in [6.45, 7) is 9.58. The zero-order chi connectivity index (χ0) is 14.5. The van der Waals surface area contributed by atoms with Gasteiger partial charge in [0.25, 0.3) is 0 Å². The molecule has 2 saturated heterocycles. The van der Waals surface area contributed by atoms with Crippen molar-refractivity contribution in [1.82, 2.24) is 15.1 Å². The highest BCUT2D eigenvalue weighted by Crippen LogP contribution is 2.17. The first-order valence-electron chi connectivity index (χ1n) is 8.58. The first-order valence-corrected chi connectivity index (χ1v) is 8.58. The van der Waals surface area contributed by atoms with Crippen LogP contribution in [0.1, 0.15) is 31.7 Å². The number of piperidine rings is 1. The second-order valence-electron chi connectivity index (χ2n) is 6.58. The maximum absolute atomic E-state index is 3.91. The third kappa shape index (κ3) is 4.29. The highest BCUT2D eigenvalue weighted by Gasteiger charge is 2.26. The molecule has 0 aromatic heterocycles. The lowest BCUT2D eigenvalue weighted by Crippen LogP contribution is -2.46. The van der Waals surface area contributed by atoms with E-state index < -0.39 is 0 Å². The largest absolute Gasteiger partial charge is 0.310 e. The van der Waals surface area contributed by atoms with Gasteiger partial charge in [-0.15, -0.1) is 0 Å². The van der Waals surface area contributed by atoms with Crippen molar-refractivity contribution in [1.29, 1.82) is 0 Å². The average molecular weight is 287 g/mol. The highest BCUT2D eigenvalue weighted by molar-refractivity contribution is 5.14. The third-order valence-corrected chi connectivity index (χ3v) is 5.03. The SMILES string of the molecule is CCN1CCC(NC2CCN(Cc3ccccc3)C2)CC1. The Hall–Kier alpha value is -0.900. The first kappa shape index (κ1) is 15.0. The topological polar surface area (TPSA) is 18.5 Å². The lowest BCUT2D eigenvalue weighted by atomic mass is 10.0. The van der Waals surface area contributed by atoms with Crippen molar-refractivity contribution in [2.75, 3.05) is 32.7 Å². The number of nitrogens with one attached hydrogen (secondary N) is 1. The third-order valence-electron chi connectivity index (χ3n) is 5.03. The molecule has 3 rings (SSSR count). The Morgan fingerprint density at radius 3 is 2.33 bits per heavy atom. The van der Waals surface area contributed by atoms with E-state index in [1.54, 1.807) is 0 Å². The molecule has 0 spiro atoms. The molecule has 0 saturated carbocycles. The zero-order valence-corrected chi connectivity index (χ0v) is 13.3. The van der Waals surface area contributed by atoms with Gasteiger partial charge in [0.2, 0.25) is 0 Å². The van der Waals surface area contributed by atoms with E-state index in [1.165, 1.54) is 57.5 Å². The van der Waals surface area contributed by atoms with Gasteiger partial charge in [-0.3, -0.25) is 4.90 Å². The van der Waals surface area contributed by atoms with E-state index in [0.717, 1.165) is 12.6 Å². The lowest BCUT2D eigenvalue weighted by molar-refractivity contribution is 0.197. The second kappa shape index (κ2) is 7.39. The minimum absolute atomic E-state index is 0.701. The smallest absolute Gasteiger partial charge is 0.0234 e. The van der Waals surface area contributed by atoms with Crippen molar-refractivity contribution in [2.24, 2.45) is 0 Å². The van der Waals surface area contributed by atoms with Gasteiger partial charge in [-0.1, -0.05) is 37.3 Å². The molecule has 116 valence electrons. The Bertz CT molecular complexity index is 412. The summed E-state index contributed by atoms with van der Waals surface area (Å²) in [4.78, 5) is 5.16.